The summed E-state index contributed by atoms with van der Waals surface area (Å²) in [5.74, 6) is -0.440. The minimum Gasteiger partial charge on any atom is -0.331 e. The Morgan fingerprint density at radius 2 is 1.90 bits per heavy atom. The predicted molar refractivity (Wildman–Crippen MR) is 84.8 cm³/mol. The summed E-state index contributed by atoms with van der Waals surface area (Å²) in [5, 5.41) is 7.39. The number of hydrogen-bond acceptors (Lipinski definition) is 2. The lowest BCUT2D eigenvalue weighted by Gasteiger charge is -2.06. The van der Waals surface area contributed by atoms with Gasteiger partial charge in [-0.3, -0.25) is 5.43 Å². The third-order valence-corrected chi connectivity index (χ3v) is 2.91. The summed E-state index contributed by atoms with van der Waals surface area (Å²) < 4.78 is 13.5. The van der Waals surface area contributed by atoms with Crippen LogP contribution in [0.3, 0.4) is 0 Å². The van der Waals surface area contributed by atoms with Crippen molar-refractivity contribution in [2.45, 2.75) is 0 Å². The number of hydrogen-bond donors (Lipinski definition) is 2. The molecule has 0 saturated heterocycles. The molecule has 6 heteroatoms. The van der Waals surface area contributed by atoms with Gasteiger partial charge in [-0.2, -0.15) is 5.10 Å². The quantitative estimate of drug-likeness (QED) is 0.514. The van der Waals surface area contributed by atoms with Gasteiger partial charge in [0.15, 0.2) is 5.11 Å². The number of anilines is 1. The molecule has 0 heterocycles. The van der Waals surface area contributed by atoms with Gasteiger partial charge in [0, 0.05) is 11.3 Å². The second-order valence-electron chi connectivity index (χ2n) is 3.83. The van der Waals surface area contributed by atoms with E-state index < -0.39 is 5.82 Å². The molecule has 0 aromatic heterocycles. The second kappa shape index (κ2) is 6.98. The SMILES string of the molecule is Fc1cccc(Cl)c1C=NNC(=S)Nc1ccccc1. The van der Waals surface area contributed by atoms with Crippen molar-refractivity contribution in [2.75, 3.05) is 5.32 Å². The van der Waals surface area contributed by atoms with Crippen LogP contribution in [0.2, 0.25) is 5.02 Å². The van der Waals surface area contributed by atoms with Crippen molar-refractivity contribution in [1.82, 2.24) is 5.43 Å². The molecule has 0 saturated carbocycles. The monoisotopic (exact) mass is 307 g/mol. The van der Waals surface area contributed by atoms with Crippen molar-refractivity contribution in [2.24, 2.45) is 5.10 Å². The normalized spacial score (nSPS) is 10.5. The molecule has 0 aliphatic carbocycles. The topological polar surface area (TPSA) is 36.4 Å². The fraction of sp³-hybridized carbons (Fsp3) is 0. The smallest absolute Gasteiger partial charge is 0.191 e. The summed E-state index contributed by atoms with van der Waals surface area (Å²) in [6.07, 6.45) is 1.29. The molecule has 102 valence electrons. The van der Waals surface area contributed by atoms with Crippen LogP contribution in [0.5, 0.6) is 0 Å². The highest BCUT2D eigenvalue weighted by molar-refractivity contribution is 7.80. The highest BCUT2D eigenvalue weighted by Gasteiger charge is 2.03. The molecule has 0 bridgehead atoms. The summed E-state index contributed by atoms with van der Waals surface area (Å²) in [7, 11) is 0. The number of nitrogens with zero attached hydrogens (tertiary/aromatic N) is 1. The molecule has 2 N–H and O–H groups in total. The summed E-state index contributed by atoms with van der Waals surface area (Å²) in [6, 6.07) is 13.8. The first-order valence-corrected chi connectivity index (χ1v) is 6.54. The lowest BCUT2D eigenvalue weighted by molar-refractivity contribution is 0.626. The van der Waals surface area contributed by atoms with Crippen LogP contribution in [0, 0.1) is 5.82 Å². The van der Waals surface area contributed by atoms with Crippen LogP contribution in [0.4, 0.5) is 10.1 Å². The first kappa shape index (κ1) is 14.4. The zero-order valence-electron chi connectivity index (χ0n) is 10.3. The average molecular weight is 308 g/mol. The first-order chi connectivity index (χ1) is 9.66. The summed E-state index contributed by atoms with van der Waals surface area (Å²) in [4.78, 5) is 0. The van der Waals surface area contributed by atoms with Gasteiger partial charge >= 0.3 is 0 Å². The third-order valence-electron chi connectivity index (χ3n) is 2.39. The highest BCUT2D eigenvalue weighted by atomic mass is 35.5. The van der Waals surface area contributed by atoms with E-state index in [4.69, 9.17) is 23.8 Å². The van der Waals surface area contributed by atoms with Crippen molar-refractivity contribution in [1.29, 1.82) is 0 Å². The fourth-order valence-electron chi connectivity index (χ4n) is 1.47. The van der Waals surface area contributed by atoms with Crippen LogP contribution < -0.4 is 10.7 Å². The van der Waals surface area contributed by atoms with E-state index in [0.717, 1.165) is 5.69 Å². The van der Waals surface area contributed by atoms with Crippen LogP contribution in [0.1, 0.15) is 5.56 Å². The van der Waals surface area contributed by atoms with Crippen molar-refractivity contribution < 1.29 is 4.39 Å². The molecule has 0 atom stereocenters. The van der Waals surface area contributed by atoms with Crippen LogP contribution in [0.15, 0.2) is 53.6 Å². The van der Waals surface area contributed by atoms with Gasteiger partial charge in [-0.25, -0.2) is 4.39 Å². The van der Waals surface area contributed by atoms with E-state index in [0.29, 0.717) is 5.11 Å². The Labute approximate surface area is 126 Å². The van der Waals surface area contributed by atoms with E-state index in [-0.39, 0.29) is 10.6 Å². The predicted octanol–water partition coefficient (Wildman–Crippen LogP) is 3.80. The zero-order chi connectivity index (χ0) is 14.4. The van der Waals surface area contributed by atoms with Crippen LogP contribution >= 0.6 is 23.8 Å². The van der Waals surface area contributed by atoms with Crippen molar-refractivity contribution in [3.63, 3.8) is 0 Å². The minimum absolute atomic E-state index is 0.212. The Kier molecular flexibility index (Phi) is 5.03. The third kappa shape index (κ3) is 4.01. The maximum absolute atomic E-state index is 13.5. The molecule has 0 amide bonds. The Morgan fingerprint density at radius 1 is 1.15 bits per heavy atom. The summed E-state index contributed by atoms with van der Waals surface area (Å²) in [5.41, 5.74) is 3.65. The molecular weight excluding hydrogens is 297 g/mol. The van der Waals surface area contributed by atoms with Gasteiger partial charge in [-0.15, -0.1) is 0 Å². The van der Waals surface area contributed by atoms with Gasteiger partial charge in [0.25, 0.3) is 0 Å². The van der Waals surface area contributed by atoms with Gasteiger partial charge in [-0.1, -0.05) is 35.9 Å². The first-order valence-electron chi connectivity index (χ1n) is 5.76. The van der Waals surface area contributed by atoms with Gasteiger partial charge in [-0.05, 0) is 36.5 Å². The number of para-hydroxylation sites is 1. The number of hydrazone groups is 1. The molecule has 0 fully saturated rings. The molecule has 0 unspecified atom stereocenters. The summed E-state index contributed by atoms with van der Waals surface area (Å²) >= 11 is 10.9. The van der Waals surface area contributed by atoms with Gasteiger partial charge in [0.05, 0.1) is 11.2 Å². The van der Waals surface area contributed by atoms with E-state index in [1.807, 2.05) is 30.3 Å². The number of thiocarbonyl (C=S) groups is 1. The molecule has 20 heavy (non-hydrogen) atoms. The molecule has 0 radical (unpaired) electrons. The van der Waals surface area contributed by atoms with E-state index in [2.05, 4.69) is 15.8 Å². The zero-order valence-corrected chi connectivity index (χ0v) is 11.9. The van der Waals surface area contributed by atoms with Crippen molar-refractivity contribution in [3.8, 4) is 0 Å². The molecular formula is C14H11ClFN3S. The maximum Gasteiger partial charge on any atom is 0.191 e. The number of rotatable bonds is 3. The van der Waals surface area contributed by atoms with Gasteiger partial charge in [0.2, 0.25) is 0 Å². The summed E-state index contributed by atoms with van der Waals surface area (Å²) in [6.45, 7) is 0. The van der Waals surface area contributed by atoms with Gasteiger partial charge in [0.1, 0.15) is 5.82 Å². The number of nitrogens with one attached hydrogen (secondary N) is 2. The second-order valence-corrected chi connectivity index (χ2v) is 4.64. The molecule has 0 spiro atoms. The lowest BCUT2D eigenvalue weighted by atomic mass is 10.2. The Bertz CT molecular complexity index is 611. The largest absolute Gasteiger partial charge is 0.331 e. The molecule has 2 rings (SSSR count). The van der Waals surface area contributed by atoms with E-state index in [1.54, 1.807) is 6.07 Å². The van der Waals surface area contributed by atoms with E-state index in [1.165, 1.54) is 18.3 Å². The Morgan fingerprint density at radius 3 is 2.60 bits per heavy atom. The molecule has 2 aromatic carbocycles. The van der Waals surface area contributed by atoms with Gasteiger partial charge < -0.3 is 5.32 Å². The van der Waals surface area contributed by atoms with Crippen LogP contribution in [-0.4, -0.2) is 11.3 Å². The van der Waals surface area contributed by atoms with Crippen molar-refractivity contribution >= 4 is 40.8 Å². The molecule has 0 aliphatic rings. The Hall–Kier alpha value is -1.98. The fourth-order valence-corrected chi connectivity index (χ4v) is 1.85. The molecule has 2 aromatic rings. The van der Waals surface area contributed by atoms with Crippen LogP contribution in [0.25, 0.3) is 0 Å². The molecule has 3 nitrogen and oxygen atoms in total. The minimum atomic E-state index is -0.440. The number of halogens is 2. The van der Waals surface area contributed by atoms with Crippen molar-refractivity contribution in [3.05, 3.63) is 64.9 Å². The standard InChI is InChI=1S/C14H11ClFN3S/c15-12-7-4-8-13(16)11(12)9-17-19-14(20)18-10-5-2-1-3-6-10/h1-9H,(H2,18,19,20). The maximum atomic E-state index is 13.5. The Balaban J connectivity index is 1.95. The average Bonchev–Trinajstić information content (AvgIpc) is 2.43. The number of benzene rings is 2. The molecule has 0 aliphatic heterocycles. The van der Waals surface area contributed by atoms with Crippen LogP contribution in [-0.2, 0) is 0 Å². The lowest BCUT2D eigenvalue weighted by Crippen LogP contribution is -2.23. The highest BCUT2D eigenvalue weighted by Crippen LogP contribution is 2.16. The van der Waals surface area contributed by atoms with E-state index in [9.17, 15) is 4.39 Å². The van der Waals surface area contributed by atoms with E-state index >= 15 is 0 Å².